The van der Waals surface area contributed by atoms with Crippen LogP contribution >= 0.6 is 0 Å². The highest BCUT2D eigenvalue weighted by Gasteiger charge is 2.10. The summed E-state index contributed by atoms with van der Waals surface area (Å²) in [5.41, 5.74) is 0.0362. The van der Waals surface area contributed by atoms with Crippen molar-refractivity contribution in [2.75, 3.05) is 5.32 Å². The Morgan fingerprint density at radius 2 is 2.44 bits per heavy atom. The van der Waals surface area contributed by atoms with Gasteiger partial charge in [-0.25, -0.2) is 14.8 Å². The number of carboxylic acids is 1. The summed E-state index contributed by atoms with van der Waals surface area (Å²) in [6.07, 6.45) is 4.09. The Morgan fingerprint density at radius 1 is 1.56 bits per heavy atom. The quantitative estimate of drug-likeness (QED) is 0.807. The van der Waals surface area contributed by atoms with E-state index in [2.05, 4.69) is 15.3 Å². The molecule has 0 spiro atoms. The summed E-state index contributed by atoms with van der Waals surface area (Å²) in [4.78, 5) is 18.4. The van der Waals surface area contributed by atoms with Gasteiger partial charge in [-0.3, -0.25) is 0 Å². The molecule has 0 saturated heterocycles. The molecular formula is C10H9N3O3. The van der Waals surface area contributed by atoms with E-state index in [1.165, 1.54) is 12.5 Å². The fraction of sp³-hybridized carbons (Fsp3) is 0.100. The minimum atomic E-state index is -1.07. The topological polar surface area (TPSA) is 88.2 Å². The Kier molecular flexibility index (Phi) is 2.81. The minimum absolute atomic E-state index is 0.0362. The van der Waals surface area contributed by atoms with Crippen molar-refractivity contribution in [3.05, 3.63) is 42.2 Å². The number of nitrogens with zero attached hydrogens (tertiary/aromatic N) is 2. The standard InChI is InChI=1S/C10H9N3O3/c14-10(15)8-5-11-6-13-9(8)12-4-7-2-1-3-16-7/h1-3,5-6H,4H2,(H,14,15)(H,11,12,13). The van der Waals surface area contributed by atoms with Crippen LogP contribution in [0.25, 0.3) is 0 Å². The van der Waals surface area contributed by atoms with E-state index < -0.39 is 5.97 Å². The predicted molar refractivity (Wildman–Crippen MR) is 55.0 cm³/mol. The number of rotatable bonds is 4. The molecule has 2 rings (SSSR count). The van der Waals surface area contributed by atoms with E-state index >= 15 is 0 Å². The molecule has 2 heterocycles. The first-order chi connectivity index (χ1) is 7.77. The van der Waals surface area contributed by atoms with Crippen molar-refractivity contribution < 1.29 is 14.3 Å². The van der Waals surface area contributed by atoms with E-state index in [9.17, 15) is 4.79 Å². The normalized spacial score (nSPS) is 10.0. The average Bonchev–Trinajstić information content (AvgIpc) is 2.79. The first kappa shape index (κ1) is 10.2. The number of carboxylic acid groups (broad SMARTS) is 1. The minimum Gasteiger partial charge on any atom is -0.477 e. The Hall–Kier alpha value is -2.37. The largest absolute Gasteiger partial charge is 0.477 e. The zero-order valence-electron chi connectivity index (χ0n) is 8.25. The zero-order valence-corrected chi connectivity index (χ0v) is 8.25. The number of hydrogen-bond acceptors (Lipinski definition) is 5. The Bertz CT molecular complexity index is 482. The second kappa shape index (κ2) is 4.43. The number of hydrogen-bond donors (Lipinski definition) is 2. The highest BCUT2D eigenvalue weighted by molar-refractivity contribution is 5.92. The molecule has 82 valence electrons. The Labute approximate surface area is 91.0 Å². The summed E-state index contributed by atoms with van der Waals surface area (Å²) in [5.74, 6) is -0.0867. The van der Waals surface area contributed by atoms with Crippen LogP contribution in [-0.4, -0.2) is 21.0 Å². The molecule has 0 aliphatic heterocycles. The maximum absolute atomic E-state index is 10.8. The Morgan fingerprint density at radius 3 is 3.12 bits per heavy atom. The van der Waals surface area contributed by atoms with Crippen LogP contribution in [0.5, 0.6) is 0 Å². The molecule has 0 bridgehead atoms. The highest BCUT2D eigenvalue weighted by atomic mass is 16.4. The molecule has 0 aliphatic carbocycles. The van der Waals surface area contributed by atoms with Crippen molar-refractivity contribution in [1.82, 2.24) is 9.97 Å². The molecule has 2 aromatic rings. The van der Waals surface area contributed by atoms with Crippen LogP contribution in [0, 0.1) is 0 Å². The summed E-state index contributed by atoms with van der Waals surface area (Å²) >= 11 is 0. The van der Waals surface area contributed by atoms with Gasteiger partial charge in [-0.1, -0.05) is 0 Å². The monoisotopic (exact) mass is 219 g/mol. The van der Waals surface area contributed by atoms with Gasteiger partial charge in [0.15, 0.2) is 0 Å². The lowest BCUT2D eigenvalue weighted by Crippen LogP contribution is -2.08. The summed E-state index contributed by atoms with van der Waals surface area (Å²) in [5, 5.41) is 11.8. The summed E-state index contributed by atoms with van der Waals surface area (Å²) < 4.78 is 5.10. The van der Waals surface area contributed by atoms with Crippen LogP contribution in [0.4, 0.5) is 5.82 Å². The molecule has 6 nitrogen and oxygen atoms in total. The molecule has 0 fully saturated rings. The smallest absolute Gasteiger partial charge is 0.341 e. The van der Waals surface area contributed by atoms with E-state index in [0.29, 0.717) is 12.3 Å². The van der Waals surface area contributed by atoms with Gasteiger partial charge < -0.3 is 14.8 Å². The second-order valence-electron chi connectivity index (χ2n) is 3.02. The van der Waals surface area contributed by atoms with Gasteiger partial charge >= 0.3 is 5.97 Å². The molecule has 0 atom stereocenters. The van der Waals surface area contributed by atoms with Crippen LogP contribution in [0.3, 0.4) is 0 Å². The summed E-state index contributed by atoms with van der Waals surface area (Å²) in [6.45, 7) is 0.379. The fourth-order valence-corrected chi connectivity index (χ4v) is 1.21. The number of nitrogens with one attached hydrogen (secondary N) is 1. The molecule has 16 heavy (non-hydrogen) atoms. The van der Waals surface area contributed by atoms with Crippen LogP contribution in [0.1, 0.15) is 16.1 Å². The first-order valence-electron chi connectivity index (χ1n) is 4.57. The summed E-state index contributed by atoms with van der Waals surface area (Å²) in [6, 6.07) is 3.55. The van der Waals surface area contributed by atoms with Crippen molar-refractivity contribution in [1.29, 1.82) is 0 Å². The number of furan rings is 1. The maximum atomic E-state index is 10.8. The molecule has 2 aromatic heterocycles. The average molecular weight is 219 g/mol. The van der Waals surface area contributed by atoms with Gasteiger partial charge in [0, 0.05) is 6.20 Å². The zero-order chi connectivity index (χ0) is 11.4. The third kappa shape index (κ3) is 2.17. The molecule has 0 amide bonds. The maximum Gasteiger partial charge on any atom is 0.341 e. The number of carbonyl (C=O) groups is 1. The molecular weight excluding hydrogens is 210 g/mol. The van der Waals surface area contributed by atoms with Crippen molar-refractivity contribution >= 4 is 11.8 Å². The summed E-state index contributed by atoms with van der Waals surface area (Å²) in [7, 11) is 0. The molecule has 0 unspecified atom stereocenters. The van der Waals surface area contributed by atoms with E-state index in [-0.39, 0.29) is 11.4 Å². The van der Waals surface area contributed by atoms with Gasteiger partial charge in [0.05, 0.1) is 12.8 Å². The molecule has 6 heteroatoms. The molecule has 0 aliphatic rings. The third-order valence-corrected chi connectivity index (χ3v) is 1.95. The van der Waals surface area contributed by atoms with Crippen molar-refractivity contribution in [3.8, 4) is 0 Å². The van der Waals surface area contributed by atoms with E-state index in [1.807, 2.05) is 0 Å². The van der Waals surface area contributed by atoms with Gasteiger partial charge in [0.2, 0.25) is 0 Å². The first-order valence-corrected chi connectivity index (χ1v) is 4.57. The van der Waals surface area contributed by atoms with Crippen LogP contribution in [0.2, 0.25) is 0 Å². The molecule has 0 saturated carbocycles. The van der Waals surface area contributed by atoms with E-state index in [0.717, 1.165) is 0 Å². The predicted octanol–water partition coefficient (Wildman–Crippen LogP) is 1.38. The van der Waals surface area contributed by atoms with Crippen molar-refractivity contribution in [2.45, 2.75) is 6.54 Å². The molecule has 0 aromatic carbocycles. The van der Waals surface area contributed by atoms with Gasteiger partial charge in [0.25, 0.3) is 0 Å². The van der Waals surface area contributed by atoms with Crippen molar-refractivity contribution in [2.24, 2.45) is 0 Å². The van der Waals surface area contributed by atoms with Gasteiger partial charge in [0.1, 0.15) is 23.5 Å². The van der Waals surface area contributed by atoms with Gasteiger partial charge in [-0.15, -0.1) is 0 Å². The van der Waals surface area contributed by atoms with Gasteiger partial charge in [-0.05, 0) is 12.1 Å². The van der Waals surface area contributed by atoms with Gasteiger partial charge in [-0.2, -0.15) is 0 Å². The van der Waals surface area contributed by atoms with Crippen LogP contribution in [0.15, 0.2) is 35.3 Å². The lowest BCUT2D eigenvalue weighted by Gasteiger charge is -2.05. The van der Waals surface area contributed by atoms with Crippen LogP contribution in [-0.2, 0) is 6.54 Å². The van der Waals surface area contributed by atoms with E-state index in [1.54, 1.807) is 18.4 Å². The van der Waals surface area contributed by atoms with Crippen LogP contribution < -0.4 is 5.32 Å². The molecule has 2 N–H and O–H groups in total. The number of aromatic nitrogens is 2. The number of aromatic carboxylic acids is 1. The molecule has 0 radical (unpaired) electrons. The fourth-order valence-electron chi connectivity index (χ4n) is 1.21. The lowest BCUT2D eigenvalue weighted by molar-refractivity contribution is 0.0697. The highest BCUT2D eigenvalue weighted by Crippen LogP contribution is 2.11. The number of anilines is 1. The lowest BCUT2D eigenvalue weighted by atomic mass is 10.3. The third-order valence-electron chi connectivity index (χ3n) is 1.95. The van der Waals surface area contributed by atoms with Crippen molar-refractivity contribution in [3.63, 3.8) is 0 Å². The SMILES string of the molecule is O=C(O)c1cncnc1NCc1ccco1. The Balaban J connectivity index is 2.12. The van der Waals surface area contributed by atoms with E-state index in [4.69, 9.17) is 9.52 Å². The second-order valence-corrected chi connectivity index (χ2v) is 3.02.